The molecule has 1 aliphatic rings. The van der Waals surface area contributed by atoms with Crippen LogP contribution in [-0.2, 0) is 4.79 Å². The minimum absolute atomic E-state index is 0.0000106. The molecule has 0 bridgehead atoms. The fourth-order valence-electron chi connectivity index (χ4n) is 3.03. The van der Waals surface area contributed by atoms with Crippen LogP contribution in [0.2, 0.25) is 0 Å². The molecule has 1 fully saturated rings. The molecule has 116 valence electrons. The SMILES string of the molecule is CCCC(CN)C(=O)N1CCN(c2ccccc2C)CC1. The molecule has 1 heterocycles. The van der Waals surface area contributed by atoms with Gasteiger partial charge in [-0.1, -0.05) is 31.5 Å². The molecule has 0 spiro atoms. The van der Waals surface area contributed by atoms with Crippen LogP contribution >= 0.6 is 0 Å². The zero-order valence-electron chi connectivity index (χ0n) is 13.2. The first-order chi connectivity index (χ1) is 10.2. The Kier molecular flexibility index (Phi) is 5.62. The molecule has 2 N–H and O–H groups in total. The Morgan fingerprint density at radius 2 is 1.90 bits per heavy atom. The van der Waals surface area contributed by atoms with Crippen LogP contribution in [0.3, 0.4) is 0 Å². The van der Waals surface area contributed by atoms with Crippen LogP contribution < -0.4 is 10.6 Å². The van der Waals surface area contributed by atoms with E-state index < -0.39 is 0 Å². The van der Waals surface area contributed by atoms with E-state index >= 15 is 0 Å². The molecule has 1 aliphatic heterocycles. The number of anilines is 1. The van der Waals surface area contributed by atoms with Crippen LogP contribution in [0, 0.1) is 12.8 Å². The van der Waals surface area contributed by atoms with E-state index in [1.54, 1.807) is 0 Å². The van der Waals surface area contributed by atoms with Crippen molar-refractivity contribution in [3.8, 4) is 0 Å². The highest BCUT2D eigenvalue weighted by molar-refractivity contribution is 5.79. The molecule has 1 aromatic rings. The molecule has 4 heteroatoms. The van der Waals surface area contributed by atoms with Gasteiger partial charge in [-0.2, -0.15) is 0 Å². The minimum atomic E-state index is 0.0000106. The molecular weight excluding hydrogens is 262 g/mol. The van der Waals surface area contributed by atoms with E-state index in [0.717, 1.165) is 39.0 Å². The zero-order valence-corrected chi connectivity index (χ0v) is 13.2. The van der Waals surface area contributed by atoms with E-state index in [1.165, 1.54) is 11.3 Å². The third-order valence-corrected chi connectivity index (χ3v) is 4.32. The number of hydrogen-bond donors (Lipinski definition) is 1. The summed E-state index contributed by atoms with van der Waals surface area (Å²) in [5.41, 5.74) is 8.33. The van der Waals surface area contributed by atoms with Crippen LogP contribution in [0.25, 0.3) is 0 Å². The summed E-state index contributed by atoms with van der Waals surface area (Å²) in [5.74, 6) is 0.240. The third kappa shape index (κ3) is 3.76. The fraction of sp³-hybridized carbons (Fsp3) is 0.588. The number of rotatable bonds is 5. The molecule has 0 radical (unpaired) electrons. The number of nitrogens with zero attached hydrogens (tertiary/aromatic N) is 2. The first-order valence-electron chi connectivity index (χ1n) is 7.96. The summed E-state index contributed by atoms with van der Waals surface area (Å²) < 4.78 is 0. The summed E-state index contributed by atoms with van der Waals surface area (Å²) >= 11 is 0. The lowest BCUT2D eigenvalue weighted by molar-refractivity contribution is -0.135. The van der Waals surface area contributed by atoms with Crippen molar-refractivity contribution in [3.63, 3.8) is 0 Å². The summed E-state index contributed by atoms with van der Waals surface area (Å²) in [4.78, 5) is 16.8. The van der Waals surface area contributed by atoms with Gasteiger partial charge in [0.1, 0.15) is 0 Å². The van der Waals surface area contributed by atoms with E-state index in [1.807, 2.05) is 4.90 Å². The van der Waals surface area contributed by atoms with Crippen LogP contribution in [0.1, 0.15) is 25.3 Å². The number of benzene rings is 1. The quantitative estimate of drug-likeness (QED) is 0.902. The van der Waals surface area contributed by atoms with Crippen LogP contribution in [0.15, 0.2) is 24.3 Å². The number of carbonyl (C=O) groups excluding carboxylic acids is 1. The summed E-state index contributed by atoms with van der Waals surface area (Å²) in [6.45, 7) is 8.11. The van der Waals surface area contributed by atoms with E-state index in [2.05, 4.69) is 43.0 Å². The number of amides is 1. The van der Waals surface area contributed by atoms with Crippen molar-refractivity contribution < 1.29 is 4.79 Å². The Hall–Kier alpha value is -1.55. The normalized spacial score (nSPS) is 16.9. The zero-order chi connectivity index (χ0) is 15.2. The molecule has 2 rings (SSSR count). The molecule has 1 unspecified atom stereocenters. The summed E-state index contributed by atoms with van der Waals surface area (Å²) in [6, 6.07) is 8.44. The molecule has 0 aliphatic carbocycles. The smallest absolute Gasteiger partial charge is 0.227 e. The molecule has 21 heavy (non-hydrogen) atoms. The Bertz CT molecular complexity index is 467. The van der Waals surface area contributed by atoms with E-state index in [0.29, 0.717) is 6.54 Å². The van der Waals surface area contributed by atoms with Crippen molar-refractivity contribution in [1.82, 2.24) is 4.90 Å². The van der Waals surface area contributed by atoms with Gasteiger partial charge in [0.15, 0.2) is 0 Å². The fourth-order valence-corrected chi connectivity index (χ4v) is 3.03. The van der Waals surface area contributed by atoms with Crippen LogP contribution in [0.4, 0.5) is 5.69 Å². The monoisotopic (exact) mass is 289 g/mol. The lowest BCUT2D eigenvalue weighted by atomic mass is 10.0. The molecule has 1 amide bonds. The molecule has 0 aromatic heterocycles. The maximum Gasteiger partial charge on any atom is 0.227 e. The van der Waals surface area contributed by atoms with Crippen LogP contribution in [0.5, 0.6) is 0 Å². The molecule has 4 nitrogen and oxygen atoms in total. The lowest BCUT2D eigenvalue weighted by Gasteiger charge is -2.38. The van der Waals surface area contributed by atoms with Crippen molar-refractivity contribution in [2.45, 2.75) is 26.7 Å². The topological polar surface area (TPSA) is 49.6 Å². The summed E-state index contributed by atoms with van der Waals surface area (Å²) in [7, 11) is 0. The van der Waals surface area contributed by atoms with Gasteiger partial charge in [0.2, 0.25) is 5.91 Å². The average molecular weight is 289 g/mol. The largest absolute Gasteiger partial charge is 0.368 e. The standard InChI is InChI=1S/C17H27N3O/c1-3-6-15(13-18)17(21)20-11-9-19(10-12-20)16-8-5-4-7-14(16)2/h4-5,7-8,15H,3,6,9-13,18H2,1-2H3. The highest BCUT2D eigenvalue weighted by Crippen LogP contribution is 2.21. The number of carbonyl (C=O) groups is 1. The second kappa shape index (κ2) is 7.46. The van der Waals surface area contributed by atoms with Gasteiger partial charge in [0, 0.05) is 38.4 Å². The number of nitrogens with two attached hydrogens (primary N) is 1. The van der Waals surface area contributed by atoms with Gasteiger partial charge in [-0.3, -0.25) is 4.79 Å². The second-order valence-electron chi connectivity index (χ2n) is 5.82. The summed E-state index contributed by atoms with van der Waals surface area (Å²) in [5, 5.41) is 0. The van der Waals surface area contributed by atoms with Gasteiger partial charge in [0.25, 0.3) is 0 Å². The minimum Gasteiger partial charge on any atom is -0.368 e. The maximum atomic E-state index is 12.5. The predicted octanol–water partition coefficient (Wildman–Crippen LogP) is 2.02. The Balaban J connectivity index is 1.94. The van der Waals surface area contributed by atoms with Crippen molar-refractivity contribution in [3.05, 3.63) is 29.8 Å². The van der Waals surface area contributed by atoms with Crippen molar-refractivity contribution in [2.24, 2.45) is 11.7 Å². The first kappa shape index (κ1) is 15.8. The van der Waals surface area contributed by atoms with Gasteiger partial charge < -0.3 is 15.5 Å². The lowest BCUT2D eigenvalue weighted by Crippen LogP contribution is -2.51. The average Bonchev–Trinajstić information content (AvgIpc) is 2.52. The summed E-state index contributed by atoms with van der Waals surface area (Å²) in [6.07, 6.45) is 1.91. The van der Waals surface area contributed by atoms with Crippen molar-refractivity contribution in [2.75, 3.05) is 37.6 Å². The molecule has 0 saturated carbocycles. The maximum absolute atomic E-state index is 12.5. The Morgan fingerprint density at radius 1 is 1.24 bits per heavy atom. The van der Waals surface area contributed by atoms with E-state index in [-0.39, 0.29) is 11.8 Å². The van der Waals surface area contributed by atoms with Crippen molar-refractivity contribution in [1.29, 1.82) is 0 Å². The van der Waals surface area contributed by atoms with Gasteiger partial charge >= 0.3 is 0 Å². The third-order valence-electron chi connectivity index (χ3n) is 4.32. The van der Waals surface area contributed by atoms with E-state index in [9.17, 15) is 4.79 Å². The Morgan fingerprint density at radius 3 is 2.48 bits per heavy atom. The first-order valence-corrected chi connectivity index (χ1v) is 7.96. The number of hydrogen-bond acceptors (Lipinski definition) is 3. The highest BCUT2D eigenvalue weighted by atomic mass is 16.2. The number of para-hydroxylation sites is 1. The Labute approximate surface area is 127 Å². The van der Waals surface area contributed by atoms with Crippen molar-refractivity contribution >= 4 is 11.6 Å². The highest BCUT2D eigenvalue weighted by Gasteiger charge is 2.26. The molecular formula is C17H27N3O. The molecule has 1 saturated heterocycles. The van der Waals surface area contributed by atoms with Gasteiger partial charge in [0.05, 0.1) is 5.92 Å². The van der Waals surface area contributed by atoms with E-state index in [4.69, 9.17) is 5.73 Å². The van der Waals surface area contributed by atoms with Crippen LogP contribution in [-0.4, -0.2) is 43.5 Å². The predicted molar refractivity (Wildman–Crippen MR) is 87.4 cm³/mol. The second-order valence-corrected chi connectivity index (χ2v) is 5.82. The van der Waals surface area contributed by atoms with Gasteiger partial charge in [-0.05, 0) is 25.0 Å². The molecule has 1 atom stereocenters. The number of aryl methyl sites for hydroxylation is 1. The van der Waals surface area contributed by atoms with Gasteiger partial charge in [-0.15, -0.1) is 0 Å². The molecule has 1 aromatic carbocycles. The number of piperazine rings is 1. The van der Waals surface area contributed by atoms with Gasteiger partial charge in [-0.25, -0.2) is 0 Å².